The Kier molecular flexibility index (Phi) is 4.17. The first-order valence-corrected chi connectivity index (χ1v) is 5.59. The number of amides is 2. The molecule has 2 N–H and O–H groups in total. The van der Waals surface area contributed by atoms with Gasteiger partial charge < -0.3 is 10.6 Å². The zero-order valence-corrected chi connectivity index (χ0v) is 9.98. The molecule has 0 spiro atoms. The van der Waals surface area contributed by atoms with Gasteiger partial charge in [0.2, 0.25) is 0 Å². The summed E-state index contributed by atoms with van der Waals surface area (Å²) in [5, 5.41) is 16.3. The van der Waals surface area contributed by atoms with Crippen LogP contribution < -0.4 is 16.2 Å². The van der Waals surface area contributed by atoms with Crippen molar-refractivity contribution in [1.29, 1.82) is 0 Å². The Hall–Kier alpha value is -2.77. The zero-order valence-electron chi connectivity index (χ0n) is 9.98. The summed E-state index contributed by atoms with van der Waals surface area (Å²) in [7, 11) is 0. The molecule has 0 radical (unpaired) electrons. The molecule has 2 heterocycles. The number of hydrogen-bond acceptors (Lipinski definition) is 5. The Morgan fingerprint density at radius 2 is 2.16 bits per heavy atom. The van der Waals surface area contributed by atoms with Crippen molar-refractivity contribution in [3.63, 3.8) is 0 Å². The lowest BCUT2D eigenvalue weighted by molar-refractivity contribution is 0.251. The van der Waals surface area contributed by atoms with Crippen molar-refractivity contribution < 1.29 is 4.79 Å². The van der Waals surface area contributed by atoms with Gasteiger partial charge in [-0.3, -0.25) is 4.79 Å². The minimum atomic E-state index is -0.378. The molecular formula is C11H12N6O2. The van der Waals surface area contributed by atoms with Crippen molar-refractivity contribution in [1.82, 2.24) is 25.3 Å². The summed E-state index contributed by atoms with van der Waals surface area (Å²) in [5.41, 5.74) is 0.338. The third-order valence-corrected chi connectivity index (χ3v) is 2.24. The number of carbonyl (C=O) groups is 1. The lowest BCUT2D eigenvalue weighted by Gasteiger charge is -2.07. The standard InChI is InChI=1S/C11H12N6O2/c18-10-2-1-4-15-17(10)7-6-12-11(19)16-9-3-5-13-14-8-9/h1-5,8H,6-7H2,(H2,12,13,16,19). The van der Waals surface area contributed by atoms with Crippen LogP contribution in [0.5, 0.6) is 0 Å². The minimum Gasteiger partial charge on any atom is -0.336 e. The molecule has 0 unspecified atom stereocenters. The van der Waals surface area contributed by atoms with Crippen LogP contribution in [0.3, 0.4) is 0 Å². The summed E-state index contributed by atoms with van der Waals surface area (Å²) < 4.78 is 1.27. The van der Waals surface area contributed by atoms with Crippen LogP contribution in [0.1, 0.15) is 0 Å². The molecule has 0 saturated heterocycles. The SMILES string of the molecule is O=C(NCCn1ncccc1=O)Nc1ccnnc1. The van der Waals surface area contributed by atoms with E-state index in [2.05, 4.69) is 25.9 Å². The molecule has 2 amide bonds. The van der Waals surface area contributed by atoms with E-state index in [9.17, 15) is 9.59 Å². The summed E-state index contributed by atoms with van der Waals surface area (Å²) in [6.07, 6.45) is 4.43. The van der Waals surface area contributed by atoms with Crippen molar-refractivity contribution in [2.75, 3.05) is 11.9 Å². The van der Waals surface area contributed by atoms with Crippen LogP contribution in [-0.2, 0) is 6.54 Å². The lowest BCUT2D eigenvalue weighted by atomic mass is 10.5. The molecule has 0 bridgehead atoms. The fraction of sp³-hybridized carbons (Fsp3) is 0.182. The molecule has 2 aromatic heterocycles. The molecule has 0 aliphatic heterocycles. The van der Waals surface area contributed by atoms with Gasteiger partial charge in [0.05, 0.1) is 24.6 Å². The lowest BCUT2D eigenvalue weighted by Crippen LogP contribution is -2.34. The van der Waals surface area contributed by atoms with Crippen LogP contribution in [-0.4, -0.2) is 32.6 Å². The van der Waals surface area contributed by atoms with Crippen LogP contribution >= 0.6 is 0 Å². The second-order valence-corrected chi connectivity index (χ2v) is 3.60. The summed E-state index contributed by atoms with van der Waals surface area (Å²) >= 11 is 0. The number of carbonyl (C=O) groups excluding carboxylic acids is 1. The summed E-state index contributed by atoms with van der Waals surface area (Å²) in [4.78, 5) is 22.9. The van der Waals surface area contributed by atoms with E-state index in [1.54, 1.807) is 12.1 Å². The van der Waals surface area contributed by atoms with Crippen molar-refractivity contribution in [3.05, 3.63) is 47.1 Å². The van der Waals surface area contributed by atoms with Gasteiger partial charge in [-0.1, -0.05) is 0 Å². The molecule has 0 aliphatic rings. The van der Waals surface area contributed by atoms with E-state index in [-0.39, 0.29) is 11.6 Å². The van der Waals surface area contributed by atoms with Gasteiger partial charge in [-0.25, -0.2) is 9.48 Å². The summed E-state index contributed by atoms with van der Waals surface area (Å²) in [6.45, 7) is 0.600. The van der Waals surface area contributed by atoms with Gasteiger partial charge in [0.25, 0.3) is 5.56 Å². The molecule has 2 aromatic rings. The third-order valence-electron chi connectivity index (χ3n) is 2.24. The second kappa shape index (κ2) is 6.24. The van der Waals surface area contributed by atoms with Crippen molar-refractivity contribution in [2.24, 2.45) is 0 Å². The van der Waals surface area contributed by atoms with Gasteiger partial charge in [0, 0.05) is 18.8 Å². The Bertz CT molecular complexity index is 597. The number of nitrogens with zero attached hydrogens (tertiary/aromatic N) is 4. The highest BCUT2D eigenvalue weighted by Gasteiger charge is 2.01. The summed E-state index contributed by atoms with van der Waals surface area (Å²) in [6, 6.07) is 4.22. The Labute approximate surface area is 108 Å². The van der Waals surface area contributed by atoms with E-state index in [1.165, 1.54) is 29.3 Å². The summed E-state index contributed by atoms with van der Waals surface area (Å²) in [5.74, 6) is 0. The molecule has 2 rings (SSSR count). The molecule has 98 valence electrons. The largest absolute Gasteiger partial charge is 0.336 e. The maximum atomic E-state index is 11.5. The highest BCUT2D eigenvalue weighted by molar-refractivity contribution is 5.88. The van der Waals surface area contributed by atoms with Gasteiger partial charge in [0.1, 0.15) is 0 Å². The van der Waals surface area contributed by atoms with Crippen molar-refractivity contribution >= 4 is 11.7 Å². The van der Waals surface area contributed by atoms with Gasteiger partial charge in [-0.15, -0.1) is 0 Å². The fourth-order valence-corrected chi connectivity index (χ4v) is 1.37. The Morgan fingerprint density at radius 1 is 1.26 bits per heavy atom. The fourth-order valence-electron chi connectivity index (χ4n) is 1.37. The Morgan fingerprint density at radius 3 is 2.89 bits per heavy atom. The van der Waals surface area contributed by atoms with Crippen molar-refractivity contribution in [2.45, 2.75) is 6.54 Å². The molecule has 0 aromatic carbocycles. The molecule has 8 nitrogen and oxygen atoms in total. The molecule has 19 heavy (non-hydrogen) atoms. The van der Waals surface area contributed by atoms with Gasteiger partial charge >= 0.3 is 6.03 Å². The van der Waals surface area contributed by atoms with E-state index in [4.69, 9.17) is 0 Å². The maximum Gasteiger partial charge on any atom is 0.319 e. The van der Waals surface area contributed by atoms with E-state index < -0.39 is 0 Å². The monoisotopic (exact) mass is 260 g/mol. The van der Waals surface area contributed by atoms with E-state index >= 15 is 0 Å². The van der Waals surface area contributed by atoms with Gasteiger partial charge in [0.15, 0.2) is 0 Å². The first kappa shape index (κ1) is 12.7. The average molecular weight is 260 g/mol. The van der Waals surface area contributed by atoms with E-state index in [0.29, 0.717) is 18.8 Å². The number of urea groups is 1. The van der Waals surface area contributed by atoms with Gasteiger partial charge in [-0.05, 0) is 12.1 Å². The van der Waals surface area contributed by atoms with Crippen LogP contribution in [0.2, 0.25) is 0 Å². The van der Waals surface area contributed by atoms with Crippen molar-refractivity contribution in [3.8, 4) is 0 Å². The van der Waals surface area contributed by atoms with Crippen LogP contribution in [0.25, 0.3) is 0 Å². The highest BCUT2D eigenvalue weighted by Crippen LogP contribution is 1.99. The average Bonchev–Trinajstić information content (AvgIpc) is 2.42. The highest BCUT2D eigenvalue weighted by atomic mass is 16.2. The van der Waals surface area contributed by atoms with Gasteiger partial charge in [-0.2, -0.15) is 15.3 Å². The van der Waals surface area contributed by atoms with E-state index in [1.807, 2.05) is 0 Å². The maximum absolute atomic E-state index is 11.5. The van der Waals surface area contributed by atoms with E-state index in [0.717, 1.165) is 0 Å². The molecule has 0 aliphatic carbocycles. The minimum absolute atomic E-state index is 0.206. The third kappa shape index (κ3) is 3.87. The number of rotatable bonds is 4. The predicted octanol–water partition coefficient (Wildman–Crippen LogP) is -0.145. The topological polar surface area (TPSA) is 102 Å². The van der Waals surface area contributed by atoms with Crippen LogP contribution in [0, 0.1) is 0 Å². The first-order chi connectivity index (χ1) is 9.25. The molecule has 0 saturated carbocycles. The van der Waals surface area contributed by atoms with Crippen LogP contribution in [0.4, 0.5) is 10.5 Å². The quantitative estimate of drug-likeness (QED) is 0.796. The molecule has 0 fully saturated rings. The molecule has 0 atom stereocenters. The zero-order chi connectivity index (χ0) is 13.5. The normalized spacial score (nSPS) is 9.89. The second-order valence-electron chi connectivity index (χ2n) is 3.60. The predicted molar refractivity (Wildman–Crippen MR) is 67.6 cm³/mol. The molecule has 8 heteroatoms. The Balaban J connectivity index is 1.79. The number of hydrogen-bond donors (Lipinski definition) is 2. The first-order valence-electron chi connectivity index (χ1n) is 5.59. The number of anilines is 1. The number of aromatic nitrogens is 4. The molecular weight excluding hydrogens is 248 g/mol. The smallest absolute Gasteiger partial charge is 0.319 e. The number of nitrogens with one attached hydrogen (secondary N) is 2. The van der Waals surface area contributed by atoms with Crippen LogP contribution in [0.15, 0.2) is 41.6 Å².